The van der Waals surface area contributed by atoms with Crippen molar-refractivity contribution in [3.63, 3.8) is 0 Å². The molecule has 1 spiro atoms. The molecule has 0 aromatic heterocycles. The van der Waals surface area contributed by atoms with Crippen LogP contribution in [0, 0.1) is 17.8 Å². The average molecular weight is 644 g/mol. The van der Waals surface area contributed by atoms with Crippen LogP contribution in [0.25, 0.3) is 0 Å². The number of anilines is 1. The van der Waals surface area contributed by atoms with Crippen molar-refractivity contribution in [2.24, 2.45) is 17.8 Å². The van der Waals surface area contributed by atoms with E-state index in [0.29, 0.717) is 63.4 Å². The zero-order chi connectivity index (χ0) is 33.8. The molecule has 3 fully saturated rings. The third-order valence-electron chi connectivity index (χ3n) is 10.3. The van der Waals surface area contributed by atoms with Crippen molar-refractivity contribution >= 4 is 23.4 Å². The minimum absolute atomic E-state index is 0.0628. The predicted octanol–water partition coefficient (Wildman–Crippen LogP) is 4.99. The number of aliphatic hydroxyl groups excluding tert-OH is 1. The van der Waals surface area contributed by atoms with Crippen molar-refractivity contribution in [1.82, 2.24) is 9.80 Å². The first kappa shape index (κ1) is 34.4. The normalized spacial score (nSPS) is 27.4. The van der Waals surface area contributed by atoms with Crippen LogP contribution in [0.2, 0.25) is 0 Å². The van der Waals surface area contributed by atoms with Gasteiger partial charge in [-0.2, -0.15) is 0 Å². The van der Waals surface area contributed by atoms with E-state index in [9.17, 15) is 19.5 Å². The third-order valence-corrected chi connectivity index (χ3v) is 10.3. The van der Waals surface area contributed by atoms with Gasteiger partial charge in [0.25, 0.3) is 0 Å². The summed E-state index contributed by atoms with van der Waals surface area (Å²) in [5, 5.41) is 9.40. The highest BCUT2D eigenvalue weighted by molar-refractivity contribution is 6.03. The molecule has 0 aliphatic carbocycles. The number of amides is 3. The summed E-state index contributed by atoms with van der Waals surface area (Å²) in [5.41, 5.74) is -0.470. The highest BCUT2D eigenvalue weighted by Crippen LogP contribution is 2.65. The molecule has 2 aromatic carbocycles. The molecule has 9 heteroatoms. The van der Waals surface area contributed by atoms with Crippen molar-refractivity contribution in [3.05, 3.63) is 85.5 Å². The van der Waals surface area contributed by atoms with Gasteiger partial charge in [-0.1, -0.05) is 49.4 Å². The van der Waals surface area contributed by atoms with Gasteiger partial charge in [-0.25, -0.2) is 0 Å². The minimum Gasteiger partial charge on any atom is -0.494 e. The molecule has 2 aromatic rings. The molecule has 6 atom stereocenters. The molecular weight excluding hydrogens is 594 g/mol. The Bertz CT molecular complexity index is 1450. The summed E-state index contributed by atoms with van der Waals surface area (Å²) in [7, 11) is 0. The second-order valence-corrected chi connectivity index (χ2v) is 13.2. The summed E-state index contributed by atoms with van der Waals surface area (Å²) in [6, 6.07) is 16.2. The number of hydrogen-bond donors (Lipinski definition) is 1. The molecule has 3 aliphatic rings. The lowest BCUT2D eigenvalue weighted by molar-refractivity contribution is -0.152. The maximum Gasteiger partial charge on any atom is 0.248 e. The second kappa shape index (κ2) is 14.4. The zero-order valence-corrected chi connectivity index (χ0v) is 28.0. The molecule has 3 heterocycles. The molecule has 0 radical (unpaired) electrons. The van der Waals surface area contributed by atoms with Gasteiger partial charge in [0.1, 0.15) is 17.4 Å². The van der Waals surface area contributed by atoms with Gasteiger partial charge in [-0.3, -0.25) is 14.4 Å². The lowest BCUT2D eigenvalue weighted by Crippen LogP contribution is -2.57. The Balaban J connectivity index is 1.55. The smallest absolute Gasteiger partial charge is 0.248 e. The van der Waals surface area contributed by atoms with E-state index in [0.717, 1.165) is 5.56 Å². The monoisotopic (exact) mass is 643 g/mol. The van der Waals surface area contributed by atoms with E-state index in [4.69, 9.17) is 9.47 Å². The van der Waals surface area contributed by atoms with Gasteiger partial charge < -0.3 is 29.3 Å². The van der Waals surface area contributed by atoms with E-state index in [2.05, 4.69) is 20.1 Å². The summed E-state index contributed by atoms with van der Waals surface area (Å²) in [6.45, 7) is 15.6. The highest BCUT2D eigenvalue weighted by Gasteiger charge is 2.80. The van der Waals surface area contributed by atoms with E-state index in [1.165, 1.54) is 0 Å². The lowest BCUT2D eigenvalue weighted by atomic mass is 9.62. The van der Waals surface area contributed by atoms with Crippen LogP contribution in [0.15, 0.2) is 79.9 Å². The summed E-state index contributed by atoms with van der Waals surface area (Å²) in [4.78, 5) is 49.3. The molecule has 252 valence electrons. The van der Waals surface area contributed by atoms with Gasteiger partial charge in [0.05, 0.1) is 24.0 Å². The van der Waals surface area contributed by atoms with E-state index in [1.807, 2.05) is 68.4 Å². The number of rotatable bonds is 16. The number of carbonyl (C=O) groups is 3. The number of unbranched alkanes of at least 4 members (excludes halogenated alkanes) is 2. The molecule has 1 N–H and O–H groups in total. The Hall–Kier alpha value is -3.95. The molecule has 0 saturated carbocycles. The van der Waals surface area contributed by atoms with Gasteiger partial charge in [-0.15, -0.1) is 13.2 Å². The maximum atomic E-state index is 14.8. The van der Waals surface area contributed by atoms with Crippen molar-refractivity contribution in [2.45, 2.75) is 70.2 Å². The molecule has 3 unspecified atom stereocenters. The van der Waals surface area contributed by atoms with Crippen LogP contribution in [0.5, 0.6) is 5.75 Å². The van der Waals surface area contributed by atoms with Gasteiger partial charge in [0, 0.05) is 38.5 Å². The lowest BCUT2D eigenvalue weighted by Gasteiger charge is -2.39. The Morgan fingerprint density at radius 1 is 1.04 bits per heavy atom. The fourth-order valence-electron chi connectivity index (χ4n) is 8.08. The van der Waals surface area contributed by atoms with Crippen molar-refractivity contribution in [2.75, 3.05) is 37.7 Å². The van der Waals surface area contributed by atoms with Gasteiger partial charge in [0.15, 0.2) is 0 Å². The van der Waals surface area contributed by atoms with Crippen LogP contribution in [0.4, 0.5) is 5.69 Å². The zero-order valence-electron chi connectivity index (χ0n) is 28.0. The van der Waals surface area contributed by atoms with Gasteiger partial charge in [-0.05, 0) is 75.3 Å². The molecule has 47 heavy (non-hydrogen) atoms. The molecule has 9 nitrogen and oxygen atoms in total. The third kappa shape index (κ3) is 6.23. The van der Waals surface area contributed by atoms with Crippen molar-refractivity contribution in [3.8, 4) is 5.75 Å². The van der Waals surface area contributed by atoms with Gasteiger partial charge in [0.2, 0.25) is 17.7 Å². The minimum atomic E-state index is -1.16. The van der Waals surface area contributed by atoms with E-state index < -0.39 is 29.1 Å². The number of ether oxygens (including phenoxy) is 2. The standard InChI is InChI=1S/C38H49N3O6/c1-6-21-39(26-28-15-11-9-12-16-28)36(45)33-38-25-27(4)37(5,47-38)31(32(38)35(44)41(33)23-13-10-14-24-42)34(43)40(22-7-2)29-17-19-30(20-18-29)46-8-3/h6-7,9,11-12,15-20,27,31-33,42H,1-2,8,10,13-14,21-26H2,3-5H3/t27?,31-,32+,33?,37+,38?/m1/s1. The fraction of sp³-hybridized carbons (Fsp3) is 0.500. The Kier molecular flexibility index (Phi) is 10.6. The number of nitrogens with zero attached hydrogens (tertiary/aromatic N) is 3. The second-order valence-electron chi connectivity index (χ2n) is 13.2. The summed E-state index contributed by atoms with van der Waals surface area (Å²) in [6.07, 6.45) is 5.81. The number of fused-ring (bicyclic) bond motifs is 1. The maximum absolute atomic E-state index is 14.8. The molecule has 3 amide bonds. The predicted molar refractivity (Wildman–Crippen MR) is 182 cm³/mol. The fourth-order valence-corrected chi connectivity index (χ4v) is 8.08. The number of benzene rings is 2. The summed E-state index contributed by atoms with van der Waals surface area (Å²) < 4.78 is 12.6. The number of carbonyl (C=O) groups excluding carboxylic acids is 3. The van der Waals surface area contributed by atoms with Crippen LogP contribution in [0.3, 0.4) is 0 Å². The first-order chi connectivity index (χ1) is 22.7. The highest BCUT2D eigenvalue weighted by atomic mass is 16.5. The molecule has 3 aliphatic heterocycles. The SMILES string of the molecule is C=CCN(Cc1ccccc1)C(=O)C1N(CCCCCO)C(=O)[C@@H]2[C@H](C(=O)N(CC=C)c3ccc(OCC)cc3)[C@@]3(C)OC12CC3C. The number of hydrogen-bond acceptors (Lipinski definition) is 6. The molecule has 3 saturated heterocycles. The van der Waals surface area contributed by atoms with Crippen LogP contribution >= 0.6 is 0 Å². The quantitative estimate of drug-likeness (QED) is 0.204. The first-order valence-electron chi connectivity index (χ1n) is 16.9. The molecule has 5 rings (SSSR count). The number of likely N-dealkylation sites (tertiary alicyclic amines) is 1. The molecular formula is C38H49N3O6. The Morgan fingerprint density at radius 2 is 1.74 bits per heavy atom. The van der Waals surface area contributed by atoms with E-state index in [-0.39, 0.29) is 36.8 Å². The van der Waals surface area contributed by atoms with Crippen molar-refractivity contribution in [1.29, 1.82) is 0 Å². The van der Waals surface area contributed by atoms with Crippen LogP contribution in [-0.4, -0.2) is 82.7 Å². The van der Waals surface area contributed by atoms with Gasteiger partial charge >= 0.3 is 0 Å². The van der Waals surface area contributed by atoms with E-state index >= 15 is 0 Å². The van der Waals surface area contributed by atoms with Crippen molar-refractivity contribution < 1.29 is 29.0 Å². The molecule has 2 bridgehead atoms. The first-order valence-corrected chi connectivity index (χ1v) is 16.9. The van der Waals surface area contributed by atoms with Crippen LogP contribution < -0.4 is 9.64 Å². The largest absolute Gasteiger partial charge is 0.494 e. The topological polar surface area (TPSA) is 99.6 Å². The Morgan fingerprint density at radius 3 is 2.38 bits per heavy atom. The van der Waals surface area contributed by atoms with E-state index in [1.54, 1.807) is 26.9 Å². The summed E-state index contributed by atoms with van der Waals surface area (Å²) in [5.74, 6) is -1.64. The van der Waals surface area contributed by atoms with Crippen LogP contribution in [0.1, 0.15) is 52.0 Å². The van der Waals surface area contributed by atoms with Crippen LogP contribution in [-0.2, 0) is 25.7 Å². The number of aliphatic hydroxyl groups is 1. The summed E-state index contributed by atoms with van der Waals surface area (Å²) >= 11 is 0. The average Bonchev–Trinajstić information content (AvgIpc) is 3.58. The Labute approximate surface area is 278 Å².